The second-order valence-electron chi connectivity index (χ2n) is 7.42. The molecule has 7 nitrogen and oxygen atoms in total. The van der Waals surface area contributed by atoms with Crippen molar-refractivity contribution in [3.63, 3.8) is 0 Å². The lowest BCUT2D eigenvalue weighted by atomic mass is 10.1. The Morgan fingerprint density at radius 1 is 0.935 bits per heavy atom. The summed E-state index contributed by atoms with van der Waals surface area (Å²) in [6.07, 6.45) is 3.16. The minimum atomic E-state index is -3.58. The maximum Gasteiger partial charge on any atom is 0.246 e. The highest BCUT2D eigenvalue weighted by Gasteiger charge is 2.29. The summed E-state index contributed by atoms with van der Waals surface area (Å²) in [6, 6.07) is 10.5. The van der Waals surface area contributed by atoms with Gasteiger partial charge in [-0.3, -0.25) is 4.79 Å². The van der Waals surface area contributed by atoms with Gasteiger partial charge in [0.1, 0.15) is 11.5 Å². The number of benzene rings is 2. The molecule has 1 amide bonds. The largest absolute Gasteiger partial charge is 0.497 e. The van der Waals surface area contributed by atoms with Crippen LogP contribution in [0.15, 0.2) is 47.4 Å². The van der Waals surface area contributed by atoms with E-state index in [9.17, 15) is 13.2 Å². The Balaban J connectivity index is 1.66. The first-order valence-electron chi connectivity index (χ1n) is 10.0. The number of carbonyl (C=O) groups is 1. The first kappa shape index (κ1) is 22.8. The number of methoxy groups -OCH3 is 2. The third kappa shape index (κ3) is 5.08. The fourth-order valence-corrected chi connectivity index (χ4v) is 4.92. The fraction of sp³-hybridized carbons (Fsp3) is 0.348. The fourth-order valence-electron chi connectivity index (χ4n) is 3.41. The van der Waals surface area contributed by atoms with E-state index in [0.717, 1.165) is 16.7 Å². The molecule has 2 aromatic rings. The van der Waals surface area contributed by atoms with Crippen molar-refractivity contribution in [1.29, 1.82) is 0 Å². The van der Waals surface area contributed by atoms with Crippen LogP contribution in [0.25, 0.3) is 6.08 Å². The summed E-state index contributed by atoms with van der Waals surface area (Å²) < 4.78 is 37.9. The van der Waals surface area contributed by atoms with Gasteiger partial charge >= 0.3 is 0 Å². The van der Waals surface area contributed by atoms with Gasteiger partial charge in [0.2, 0.25) is 15.9 Å². The van der Waals surface area contributed by atoms with Crippen LogP contribution >= 0.6 is 0 Å². The molecular weight excluding hydrogens is 416 g/mol. The third-order valence-corrected chi connectivity index (χ3v) is 7.40. The molecule has 0 atom stereocenters. The van der Waals surface area contributed by atoms with Gasteiger partial charge < -0.3 is 14.4 Å². The summed E-state index contributed by atoms with van der Waals surface area (Å²) in [4.78, 5) is 14.6. The zero-order chi connectivity index (χ0) is 22.6. The Bertz CT molecular complexity index is 1090. The smallest absolute Gasteiger partial charge is 0.246 e. The van der Waals surface area contributed by atoms with E-state index in [1.165, 1.54) is 10.4 Å². The van der Waals surface area contributed by atoms with Gasteiger partial charge in [-0.15, -0.1) is 0 Å². The van der Waals surface area contributed by atoms with E-state index in [0.29, 0.717) is 29.5 Å². The predicted molar refractivity (Wildman–Crippen MR) is 120 cm³/mol. The number of hydrogen-bond donors (Lipinski definition) is 0. The molecule has 1 saturated heterocycles. The minimum Gasteiger partial charge on any atom is -0.497 e. The zero-order valence-electron chi connectivity index (χ0n) is 18.3. The maximum absolute atomic E-state index is 13.0. The van der Waals surface area contributed by atoms with Crippen molar-refractivity contribution in [2.75, 3.05) is 40.4 Å². The minimum absolute atomic E-state index is 0.173. The van der Waals surface area contributed by atoms with E-state index < -0.39 is 10.0 Å². The SMILES string of the molecule is COc1ccc(OC)c(C=CC(=O)N2CCN(S(=O)(=O)c3ccc(C)c(C)c3)CC2)c1. The van der Waals surface area contributed by atoms with Crippen molar-refractivity contribution in [1.82, 2.24) is 9.21 Å². The molecular formula is C23H28N2O5S. The first-order valence-corrected chi connectivity index (χ1v) is 11.5. The summed E-state index contributed by atoms with van der Waals surface area (Å²) >= 11 is 0. The van der Waals surface area contributed by atoms with Crippen LogP contribution in [0.5, 0.6) is 11.5 Å². The van der Waals surface area contributed by atoms with Crippen LogP contribution in [0.3, 0.4) is 0 Å². The van der Waals surface area contributed by atoms with E-state index in [1.54, 1.807) is 55.5 Å². The average molecular weight is 445 g/mol. The average Bonchev–Trinajstić information content (AvgIpc) is 2.79. The number of hydrogen-bond acceptors (Lipinski definition) is 5. The Labute approximate surface area is 183 Å². The zero-order valence-corrected chi connectivity index (χ0v) is 19.1. The van der Waals surface area contributed by atoms with Gasteiger partial charge in [0.05, 0.1) is 19.1 Å². The molecule has 8 heteroatoms. The number of nitrogens with zero attached hydrogens (tertiary/aromatic N) is 2. The molecule has 1 fully saturated rings. The summed E-state index contributed by atoms with van der Waals surface area (Å²) in [7, 11) is -0.435. The molecule has 2 aromatic carbocycles. The molecule has 0 radical (unpaired) electrons. The molecule has 1 aliphatic heterocycles. The quantitative estimate of drug-likeness (QED) is 0.641. The molecule has 0 N–H and O–H groups in total. The normalized spacial score (nSPS) is 15.3. The van der Waals surface area contributed by atoms with Gasteiger partial charge in [-0.25, -0.2) is 8.42 Å². The van der Waals surface area contributed by atoms with Crippen LogP contribution in [0.1, 0.15) is 16.7 Å². The van der Waals surface area contributed by atoms with Gasteiger partial charge in [-0.1, -0.05) is 6.07 Å². The lowest BCUT2D eigenvalue weighted by Crippen LogP contribution is -2.50. The molecule has 0 saturated carbocycles. The number of piperazine rings is 1. The van der Waals surface area contributed by atoms with Gasteiger partial charge in [-0.2, -0.15) is 4.31 Å². The number of rotatable bonds is 6. The number of carbonyl (C=O) groups excluding carboxylic acids is 1. The van der Waals surface area contributed by atoms with E-state index >= 15 is 0 Å². The Morgan fingerprint density at radius 3 is 2.26 bits per heavy atom. The standard InChI is InChI=1S/C23H28N2O5S/c1-17-5-8-21(15-18(17)2)31(27,28)25-13-11-24(12-14-25)23(26)10-6-19-16-20(29-3)7-9-22(19)30-4/h5-10,15-16H,11-14H2,1-4H3. The lowest BCUT2D eigenvalue weighted by molar-refractivity contribution is -0.127. The highest BCUT2D eigenvalue weighted by molar-refractivity contribution is 7.89. The molecule has 0 bridgehead atoms. The Hall–Kier alpha value is -2.84. The van der Waals surface area contributed by atoms with E-state index in [2.05, 4.69) is 0 Å². The van der Waals surface area contributed by atoms with Crippen LogP contribution in [0, 0.1) is 13.8 Å². The molecule has 3 rings (SSSR count). The second-order valence-corrected chi connectivity index (χ2v) is 9.35. The van der Waals surface area contributed by atoms with E-state index in [-0.39, 0.29) is 19.0 Å². The van der Waals surface area contributed by atoms with Gasteiger partial charge in [0.15, 0.2) is 0 Å². The molecule has 166 valence electrons. The van der Waals surface area contributed by atoms with Crippen molar-refractivity contribution in [2.45, 2.75) is 18.7 Å². The summed E-state index contributed by atoms with van der Waals surface area (Å²) in [5.74, 6) is 1.13. The van der Waals surface area contributed by atoms with Crippen LogP contribution < -0.4 is 9.47 Å². The molecule has 0 spiro atoms. The van der Waals surface area contributed by atoms with E-state index in [1.807, 2.05) is 19.9 Å². The van der Waals surface area contributed by atoms with Crippen molar-refractivity contribution < 1.29 is 22.7 Å². The van der Waals surface area contributed by atoms with Gasteiger partial charge in [0.25, 0.3) is 0 Å². The van der Waals surface area contributed by atoms with Gasteiger partial charge in [-0.05, 0) is 61.4 Å². The summed E-state index contributed by atoms with van der Waals surface area (Å²) in [5.41, 5.74) is 2.72. The van der Waals surface area contributed by atoms with Crippen molar-refractivity contribution in [2.24, 2.45) is 0 Å². The van der Waals surface area contributed by atoms with Crippen LogP contribution in [-0.4, -0.2) is 63.9 Å². The molecule has 0 aromatic heterocycles. The highest BCUT2D eigenvalue weighted by Crippen LogP contribution is 2.25. The molecule has 1 aliphatic rings. The topological polar surface area (TPSA) is 76.2 Å². The number of ether oxygens (including phenoxy) is 2. The number of sulfonamides is 1. The number of aryl methyl sites for hydroxylation is 2. The Kier molecular flexibility index (Phi) is 7.02. The van der Waals surface area contributed by atoms with Crippen molar-refractivity contribution in [3.8, 4) is 11.5 Å². The van der Waals surface area contributed by atoms with Crippen LogP contribution in [0.2, 0.25) is 0 Å². The van der Waals surface area contributed by atoms with Gasteiger partial charge in [0, 0.05) is 37.8 Å². The maximum atomic E-state index is 13.0. The van der Waals surface area contributed by atoms with Crippen molar-refractivity contribution in [3.05, 3.63) is 59.2 Å². The Morgan fingerprint density at radius 2 is 1.65 bits per heavy atom. The van der Waals surface area contributed by atoms with Crippen LogP contribution in [0.4, 0.5) is 0 Å². The molecule has 31 heavy (non-hydrogen) atoms. The second kappa shape index (κ2) is 9.53. The highest BCUT2D eigenvalue weighted by atomic mass is 32.2. The van der Waals surface area contributed by atoms with Crippen LogP contribution in [-0.2, 0) is 14.8 Å². The van der Waals surface area contributed by atoms with E-state index in [4.69, 9.17) is 9.47 Å². The lowest BCUT2D eigenvalue weighted by Gasteiger charge is -2.33. The number of amides is 1. The summed E-state index contributed by atoms with van der Waals surface area (Å²) in [6.45, 7) is 5.04. The molecule has 0 unspecified atom stereocenters. The molecule has 0 aliphatic carbocycles. The predicted octanol–water partition coefficient (Wildman–Crippen LogP) is 2.87. The monoisotopic (exact) mass is 444 g/mol. The van der Waals surface area contributed by atoms with Crippen molar-refractivity contribution >= 4 is 22.0 Å². The summed E-state index contributed by atoms with van der Waals surface area (Å²) in [5, 5.41) is 0. The third-order valence-electron chi connectivity index (χ3n) is 5.51. The first-order chi connectivity index (χ1) is 14.8. The molecule has 1 heterocycles.